The lowest BCUT2D eigenvalue weighted by Gasteiger charge is -2.43. The summed E-state index contributed by atoms with van der Waals surface area (Å²) in [5.74, 6) is -0.945. The number of likely N-dealkylation sites (N-methyl/N-ethyl adjacent to an activating group) is 1. The summed E-state index contributed by atoms with van der Waals surface area (Å²) in [6.07, 6.45) is 0.273. The van der Waals surface area contributed by atoms with Crippen LogP contribution in [0.2, 0.25) is 5.02 Å². The van der Waals surface area contributed by atoms with Crippen LogP contribution < -0.4 is 0 Å². The van der Waals surface area contributed by atoms with Gasteiger partial charge in [-0.2, -0.15) is 0 Å². The fraction of sp³-hybridized carbons (Fsp3) is 0.565. The van der Waals surface area contributed by atoms with Crippen molar-refractivity contribution in [3.8, 4) is 0 Å². The number of carbonyl (C=O) groups is 4. The molecule has 0 spiro atoms. The first-order chi connectivity index (χ1) is 14.6. The van der Waals surface area contributed by atoms with Crippen molar-refractivity contribution in [1.29, 1.82) is 0 Å². The van der Waals surface area contributed by atoms with Gasteiger partial charge in [0.15, 0.2) is 5.78 Å². The minimum Gasteiger partial charge on any atom is -0.425 e. The third kappa shape index (κ3) is 5.85. The fourth-order valence-corrected chi connectivity index (χ4v) is 4.08. The Bertz CT molecular complexity index is 839. The van der Waals surface area contributed by atoms with Crippen LogP contribution in [0.25, 0.3) is 0 Å². The quantitative estimate of drug-likeness (QED) is 0.422. The van der Waals surface area contributed by atoms with E-state index in [2.05, 4.69) is 0 Å². The van der Waals surface area contributed by atoms with Crippen molar-refractivity contribution in [1.82, 2.24) is 4.90 Å². The number of esters is 1. The highest BCUT2D eigenvalue weighted by atomic mass is 35.5. The zero-order chi connectivity index (χ0) is 23.2. The van der Waals surface area contributed by atoms with Gasteiger partial charge in [-0.15, -0.1) is 0 Å². The van der Waals surface area contributed by atoms with Gasteiger partial charge in [0.05, 0.1) is 6.42 Å². The third-order valence-corrected chi connectivity index (χ3v) is 5.93. The number of ketones is 2. The Morgan fingerprint density at radius 3 is 2.39 bits per heavy atom. The monoisotopic (exact) mass is 451 g/mol. The largest absolute Gasteiger partial charge is 0.425 e. The third-order valence-electron chi connectivity index (χ3n) is 5.60. The predicted octanol–water partition coefficient (Wildman–Crippen LogP) is 4.64. The van der Waals surface area contributed by atoms with E-state index >= 15 is 0 Å². The van der Waals surface area contributed by atoms with E-state index in [0.717, 1.165) is 12.8 Å². The molecule has 2 rings (SSSR count). The standard InChI is InChI=1S/C23H30ClNO6/c1-15(2)19(26)12-13-21(28)30-16(3)31-22(29)25(4)23(14-8-7-11-20(23)27)17-9-5-6-10-18(17)24/h5-6,9-10,15-16H,7-8,11-14H2,1-4H3/t16?,23-/m0/s1. The average Bonchev–Trinajstić information content (AvgIpc) is 2.72. The molecule has 31 heavy (non-hydrogen) atoms. The summed E-state index contributed by atoms with van der Waals surface area (Å²) >= 11 is 6.39. The first kappa shape index (κ1) is 24.9. The van der Waals surface area contributed by atoms with Crippen molar-refractivity contribution >= 4 is 35.2 Å². The summed E-state index contributed by atoms with van der Waals surface area (Å²) in [5, 5.41) is 0.395. The Morgan fingerprint density at radius 2 is 1.77 bits per heavy atom. The number of carbonyl (C=O) groups excluding carboxylic acids is 4. The number of hydrogen-bond donors (Lipinski definition) is 0. The second-order valence-corrected chi connectivity index (χ2v) is 8.50. The molecule has 170 valence electrons. The minimum absolute atomic E-state index is 0.0428. The molecule has 1 fully saturated rings. The molecule has 1 aromatic rings. The van der Waals surface area contributed by atoms with Gasteiger partial charge in [-0.3, -0.25) is 19.3 Å². The van der Waals surface area contributed by atoms with Crippen molar-refractivity contribution < 1.29 is 28.7 Å². The minimum atomic E-state index is -1.24. The number of amides is 1. The van der Waals surface area contributed by atoms with E-state index in [0.29, 0.717) is 23.4 Å². The Labute approximate surface area is 188 Å². The fourth-order valence-electron chi connectivity index (χ4n) is 3.79. The Kier molecular flexibility index (Phi) is 8.62. The highest BCUT2D eigenvalue weighted by molar-refractivity contribution is 6.31. The first-order valence-electron chi connectivity index (χ1n) is 10.5. The molecule has 0 saturated heterocycles. The molecule has 0 heterocycles. The van der Waals surface area contributed by atoms with Gasteiger partial charge in [0.25, 0.3) is 0 Å². The predicted molar refractivity (Wildman–Crippen MR) is 115 cm³/mol. The van der Waals surface area contributed by atoms with Gasteiger partial charge in [0, 0.05) is 43.3 Å². The van der Waals surface area contributed by atoms with Crippen LogP contribution in [-0.4, -0.2) is 41.9 Å². The summed E-state index contributed by atoms with van der Waals surface area (Å²) < 4.78 is 10.4. The number of ether oxygens (including phenoxy) is 2. The van der Waals surface area contributed by atoms with E-state index in [1.54, 1.807) is 38.1 Å². The molecule has 1 aromatic carbocycles. The lowest BCUT2D eigenvalue weighted by atomic mass is 9.74. The molecule has 0 bridgehead atoms. The maximum absolute atomic E-state index is 13.1. The SMILES string of the molecule is CC(OC(=O)CCC(=O)C(C)C)OC(=O)N(C)[C@]1(c2ccccc2Cl)CCCCC1=O. The zero-order valence-electron chi connectivity index (χ0n) is 18.5. The number of halogens is 1. The van der Waals surface area contributed by atoms with Crippen LogP contribution in [0.1, 0.15) is 64.9 Å². The molecule has 2 atom stereocenters. The van der Waals surface area contributed by atoms with E-state index in [1.807, 2.05) is 0 Å². The Morgan fingerprint density at radius 1 is 1.10 bits per heavy atom. The van der Waals surface area contributed by atoms with Gasteiger partial charge in [-0.25, -0.2) is 4.79 Å². The highest BCUT2D eigenvalue weighted by Gasteiger charge is 2.48. The van der Waals surface area contributed by atoms with Crippen LogP contribution in [0.3, 0.4) is 0 Å². The second-order valence-electron chi connectivity index (χ2n) is 8.09. The van der Waals surface area contributed by atoms with Crippen LogP contribution in [0.15, 0.2) is 24.3 Å². The number of nitrogens with zero attached hydrogens (tertiary/aromatic N) is 1. The molecule has 0 aliphatic heterocycles. The molecule has 1 amide bonds. The van der Waals surface area contributed by atoms with E-state index in [-0.39, 0.29) is 30.3 Å². The smallest absolute Gasteiger partial charge is 0.413 e. The molecule has 0 radical (unpaired) electrons. The molecular formula is C23H30ClNO6. The molecular weight excluding hydrogens is 422 g/mol. The van der Waals surface area contributed by atoms with Gasteiger partial charge in [-0.1, -0.05) is 43.6 Å². The van der Waals surface area contributed by atoms with Crippen molar-refractivity contribution in [2.45, 2.75) is 71.1 Å². The van der Waals surface area contributed by atoms with Crippen LogP contribution >= 0.6 is 11.6 Å². The van der Waals surface area contributed by atoms with E-state index in [1.165, 1.54) is 18.9 Å². The summed E-state index contributed by atoms with van der Waals surface area (Å²) in [6, 6.07) is 6.96. The number of rotatable bonds is 8. The number of Topliss-reactive ketones (excluding diaryl/α,β-unsaturated/α-hetero) is 2. The Balaban J connectivity index is 2.10. The number of benzene rings is 1. The molecule has 1 aliphatic carbocycles. The van der Waals surface area contributed by atoms with Crippen LogP contribution in [0.4, 0.5) is 4.79 Å². The average molecular weight is 452 g/mol. The zero-order valence-corrected chi connectivity index (χ0v) is 19.2. The van der Waals surface area contributed by atoms with E-state index in [9.17, 15) is 19.2 Å². The van der Waals surface area contributed by atoms with Crippen molar-refractivity contribution in [2.75, 3.05) is 7.05 Å². The second kappa shape index (κ2) is 10.8. The van der Waals surface area contributed by atoms with Gasteiger partial charge >= 0.3 is 12.1 Å². The van der Waals surface area contributed by atoms with Gasteiger partial charge in [-0.05, 0) is 25.3 Å². The van der Waals surface area contributed by atoms with Crippen LogP contribution in [0.5, 0.6) is 0 Å². The summed E-state index contributed by atoms with van der Waals surface area (Å²) in [7, 11) is 1.49. The molecule has 8 heteroatoms. The lowest BCUT2D eigenvalue weighted by Crippen LogP contribution is -2.54. The highest BCUT2D eigenvalue weighted by Crippen LogP contribution is 2.42. The lowest BCUT2D eigenvalue weighted by molar-refractivity contribution is -0.168. The molecule has 1 aliphatic rings. The normalized spacial score (nSPS) is 19.6. The van der Waals surface area contributed by atoms with Crippen LogP contribution in [0, 0.1) is 5.92 Å². The van der Waals surface area contributed by atoms with Crippen molar-refractivity contribution in [3.63, 3.8) is 0 Å². The number of hydrogen-bond acceptors (Lipinski definition) is 6. The van der Waals surface area contributed by atoms with E-state index < -0.39 is 23.9 Å². The molecule has 0 N–H and O–H groups in total. The molecule has 0 aromatic heterocycles. The summed E-state index contributed by atoms with van der Waals surface area (Å²) in [6.45, 7) is 4.93. The molecule has 7 nitrogen and oxygen atoms in total. The first-order valence-corrected chi connectivity index (χ1v) is 10.9. The maximum atomic E-state index is 13.1. The maximum Gasteiger partial charge on any atom is 0.413 e. The summed E-state index contributed by atoms with van der Waals surface area (Å²) in [5.41, 5.74) is -0.682. The van der Waals surface area contributed by atoms with Crippen molar-refractivity contribution in [2.24, 2.45) is 5.92 Å². The van der Waals surface area contributed by atoms with Gasteiger partial charge in [0.2, 0.25) is 6.29 Å². The molecule has 1 unspecified atom stereocenters. The molecule has 1 saturated carbocycles. The van der Waals surface area contributed by atoms with Gasteiger partial charge < -0.3 is 9.47 Å². The summed E-state index contributed by atoms with van der Waals surface area (Å²) in [4.78, 5) is 50.8. The topological polar surface area (TPSA) is 90.0 Å². The van der Waals surface area contributed by atoms with E-state index in [4.69, 9.17) is 21.1 Å². The van der Waals surface area contributed by atoms with Crippen LogP contribution in [-0.2, 0) is 29.4 Å². The Hall–Kier alpha value is -2.41. The van der Waals surface area contributed by atoms with Crippen molar-refractivity contribution in [3.05, 3.63) is 34.9 Å². The van der Waals surface area contributed by atoms with Gasteiger partial charge in [0.1, 0.15) is 11.3 Å².